The quantitative estimate of drug-likeness (QED) is 0.920. The molecule has 0 amide bonds. The highest BCUT2D eigenvalue weighted by atomic mass is 19.1. The Bertz CT molecular complexity index is 440. The van der Waals surface area contributed by atoms with E-state index in [1.54, 1.807) is 12.1 Å². The molecule has 1 aromatic rings. The molecule has 1 N–H and O–H groups in total. The molecule has 0 bridgehead atoms. The van der Waals surface area contributed by atoms with Crippen molar-refractivity contribution in [2.45, 2.75) is 38.2 Å². The summed E-state index contributed by atoms with van der Waals surface area (Å²) in [6, 6.07) is 4.91. The molecule has 3 nitrogen and oxygen atoms in total. The maximum absolute atomic E-state index is 13.6. The van der Waals surface area contributed by atoms with E-state index in [2.05, 4.69) is 10.2 Å². The van der Waals surface area contributed by atoms with Crippen molar-refractivity contribution in [3.63, 3.8) is 0 Å². The highest BCUT2D eigenvalue weighted by molar-refractivity contribution is 5.59. The first-order valence-corrected chi connectivity index (χ1v) is 7.75. The molecule has 20 heavy (non-hydrogen) atoms. The third kappa shape index (κ3) is 3.23. The van der Waals surface area contributed by atoms with E-state index in [-0.39, 0.29) is 5.82 Å². The summed E-state index contributed by atoms with van der Waals surface area (Å²) < 4.78 is 19.7. The Morgan fingerprint density at radius 1 is 1.10 bits per heavy atom. The molecule has 1 heterocycles. The Morgan fingerprint density at radius 3 is 2.60 bits per heavy atom. The third-order valence-corrected chi connectivity index (χ3v) is 4.22. The van der Waals surface area contributed by atoms with Gasteiger partial charge in [0.25, 0.3) is 0 Å². The number of hydrogen-bond donors (Lipinski definition) is 1. The van der Waals surface area contributed by atoms with Crippen LogP contribution in [0.15, 0.2) is 18.2 Å². The summed E-state index contributed by atoms with van der Waals surface area (Å²) in [4.78, 5) is 2.22. The number of nitrogens with zero attached hydrogens (tertiary/aromatic N) is 1. The minimum Gasteiger partial charge on any atom is -0.488 e. The van der Waals surface area contributed by atoms with Gasteiger partial charge in [-0.1, -0.05) is 6.42 Å². The van der Waals surface area contributed by atoms with Crippen LogP contribution in [0.5, 0.6) is 5.75 Å². The fourth-order valence-electron chi connectivity index (χ4n) is 3.11. The summed E-state index contributed by atoms with van der Waals surface area (Å²) in [6.45, 7) is 3.70. The van der Waals surface area contributed by atoms with Gasteiger partial charge in [0.15, 0.2) is 0 Å². The van der Waals surface area contributed by atoms with Gasteiger partial charge in [-0.2, -0.15) is 0 Å². The smallest absolute Gasteiger partial charge is 0.143 e. The summed E-state index contributed by atoms with van der Waals surface area (Å²) in [5, 5.41) is 3.32. The zero-order valence-corrected chi connectivity index (χ0v) is 11.9. The van der Waals surface area contributed by atoms with Gasteiger partial charge in [0, 0.05) is 32.2 Å². The Labute approximate surface area is 120 Å². The van der Waals surface area contributed by atoms with Crippen LogP contribution in [0.1, 0.15) is 32.1 Å². The average Bonchev–Trinajstić information content (AvgIpc) is 2.51. The van der Waals surface area contributed by atoms with Gasteiger partial charge >= 0.3 is 0 Å². The molecule has 1 aliphatic carbocycles. The molecule has 2 fully saturated rings. The Balaban J connectivity index is 1.77. The zero-order valence-electron chi connectivity index (χ0n) is 11.9. The van der Waals surface area contributed by atoms with Gasteiger partial charge in [-0.15, -0.1) is 0 Å². The molecule has 3 rings (SSSR count). The van der Waals surface area contributed by atoms with E-state index in [0.29, 0.717) is 6.10 Å². The average molecular weight is 278 g/mol. The minimum absolute atomic E-state index is 0.186. The molecule has 0 atom stereocenters. The lowest BCUT2D eigenvalue weighted by Crippen LogP contribution is -2.43. The van der Waals surface area contributed by atoms with Crippen molar-refractivity contribution in [2.75, 3.05) is 31.1 Å². The molecule has 0 spiro atoms. The van der Waals surface area contributed by atoms with Gasteiger partial charge in [0.2, 0.25) is 0 Å². The fraction of sp³-hybridized carbons (Fsp3) is 0.625. The van der Waals surface area contributed by atoms with Crippen LogP contribution in [0.4, 0.5) is 10.1 Å². The van der Waals surface area contributed by atoms with Crippen molar-refractivity contribution in [1.82, 2.24) is 5.32 Å². The molecule has 1 saturated carbocycles. The number of halogens is 1. The molecular formula is C16H23FN2O. The van der Waals surface area contributed by atoms with Gasteiger partial charge in [-0.25, -0.2) is 4.39 Å². The zero-order chi connectivity index (χ0) is 13.8. The van der Waals surface area contributed by atoms with Crippen LogP contribution >= 0.6 is 0 Å². The Kier molecular flexibility index (Phi) is 4.41. The topological polar surface area (TPSA) is 24.5 Å². The summed E-state index contributed by atoms with van der Waals surface area (Å²) >= 11 is 0. The van der Waals surface area contributed by atoms with Crippen molar-refractivity contribution in [3.05, 3.63) is 24.0 Å². The van der Waals surface area contributed by atoms with Gasteiger partial charge in [0.1, 0.15) is 11.6 Å². The monoisotopic (exact) mass is 278 g/mol. The van der Waals surface area contributed by atoms with Gasteiger partial charge in [-0.05, 0) is 37.8 Å². The number of anilines is 1. The van der Waals surface area contributed by atoms with Crippen molar-refractivity contribution >= 4 is 5.69 Å². The van der Waals surface area contributed by atoms with Crippen LogP contribution < -0.4 is 15.0 Å². The predicted octanol–water partition coefficient (Wildman–Crippen LogP) is 2.95. The van der Waals surface area contributed by atoms with E-state index in [1.807, 2.05) is 0 Å². The van der Waals surface area contributed by atoms with E-state index in [0.717, 1.165) is 50.5 Å². The van der Waals surface area contributed by atoms with Crippen molar-refractivity contribution < 1.29 is 9.13 Å². The Hall–Kier alpha value is -1.29. The molecule has 110 valence electrons. The molecule has 4 heteroatoms. The first-order valence-electron chi connectivity index (χ1n) is 7.75. The first-order chi connectivity index (χ1) is 9.83. The van der Waals surface area contributed by atoms with Crippen LogP contribution in [0.3, 0.4) is 0 Å². The standard InChI is InChI=1S/C16H23FN2O/c17-13-6-7-16(20-14-4-2-1-3-5-14)15(12-13)19-10-8-18-9-11-19/h6-7,12,14,18H,1-5,8-11H2. The molecule has 2 aliphatic rings. The van der Waals surface area contributed by atoms with E-state index in [1.165, 1.54) is 25.3 Å². The molecule has 0 radical (unpaired) electrons. The summed E-state index contributed by atoms with van der Waals surface area (Å²) in [6.07, 6.45) is 6.35. The van der Waals surface area contributed by atoms with Crippen molar-refractivity contribution in [2.24, 2.45) is 0 Å². The summed E-state index contributed by atoms with van der Waals surface area (Å²) in [7, 11) is 0. The number of ether oxygens (including phenoxy) is 1. The first kappa shape index (κ1) is 13.7. The van der Waals surface area contributed by atoms with E-state index < -0.39 is 0 Å². The van der Waals surface area contributed by atoms with E-state index in [9.17, 15) is 4.39 Å². The number of hydrogen-bond acceptors (Lipinski definition) is 3. The second-order valence-electron chi connectivity index (χ2n) is 5.73. The summed E-state index contributed by atoms with van der Waals surface area (Å²) in [5.74, 6) is 0.662. The predicted molar refractivity (Wildman–Crippen MR) is 79.0 cm³/mol. The second kappa shape index (κ2) is 6.44. The SMILES string of the molecule is Fc1ccc(OC2CCCCC2)c(N2CCNCC2)c1. The van der Waals surface area contributed by atoms with Crippen LogP contribution in [-0.4, -0.2) is 32.3 Å². The second-order valence-corrected chi connectivity index (χ2v) is 5.73. The Morgan fingerprint density at radius 2 is 1.85 bits per heavy atom. The highest BCUT2D eigenvalue weighted by Crippen LogP contribution is 2.32. The molecule has 1 aromatic carbocycles. The van der Waals surface area contributed by atoms with Crippen LogP contribution in [0.25, 0.3) is 0 Å². The number of benzene rings is 1. The lowest BCUT2D eigenvalue weighted by atomic mass is 9.98. The highest BCUT2D eigenvalue weighted by Gasteiger charge is 2.20. The maximum atomic E-state index is 13.6. The number of rotatable bonds is 3. The lowest BCUT2D eigenvalue weighted by Gasteiger charge is -2.32. The largest absolute Gasteiger partial charge is 0.488 e. The number of nitrogens with one attached hydrogen (secondary N) is 1. The van der Waals surface area contributed by atoms with Crippen molar-refractivity contribution in [3.8, 4) is 5.75 Å². The van der Waals surface area contributed by atoms with Crippen molar-refractivity contribution in [1.29, 1.82) is 0 Å². The van der Waals surface area contributed by atoms with Gasteiger partial charge in [-0.3, -0.25) is 0 Å². The van der Waals surface area contributed by atoms with Crippen LogP contribution in [-0.2, 0) is 0 Å². The van der Waals surface area contributed by atoms with Crippen LogP contribution in [0.2, 0.25) is 0 Å². The van der Waals surface area contributed by atoms with E-state index >= 15 is 0 Å². The normalized spacial score (nSPS) is 20.9. The molecular weight excluding hydrogens is 255 g/mol. The molecule has 0 unspecified atom stereocenters. The van der Waals surface area contributed by atoms with E-state index in [4.69, 9.17) is 4.74 Å². The fourth-order valence-corrected chi connectivity index (χ4v) is 3.11. The molecule has 1 saturated heterocycles. The maximum Gasteiger partial charge on any atom is 0.143 e. The van der Waals surface area contributed by atoms with Gasteiger partial charge < -0.3 is 15.0 Å². The number of piperazine rings is 1. The van der Waals surface area contributed by atoms with Crippen LogP contribution in [0, 0.1) is 5.82 Å². The molecule has 0 aromatic heterocycles. The lowest BCUT2D eigenvalue weighted by molar-refractivity contribution is 0.155. The minimum atomic E-state index is -0.186. The molecule has 1 aliphatic heterocycles. The third-order valence-electron chi connectivity index (χ3n) is 4.22. The summed E-state index contributed by atoms with van der Waals surface area (Å²) in [5.41, 5.74) is 0.914. The van der Waals surface area contributed by atoms with Gasteiger partial charge in [0.05, 0.1) is 11.8 Å².